The van der Waals surface area contributed by atoms with E-state index in [4.69, 9.17) is 30.7 Å². The third-order valence-corrected chi connectivity index (χ3v) is 0.865. The molecule has 1 rings (SSSR count). The van der Waals surface area contributed by atoms with E-state index in [9.17, 15) is 0 Å². The standard InChI is InChI=1S/C4H7N5.H3O4P/c5-4(6)3-1-2-7-9-8-3;1-5(2,3)4/h1-2,4H,5-6H2;(H3,1,2,3,4). The van der Waals surface area contributed by atoms with E-state index >= 15 is 0 Å². The Hall–Kier alpha value is -0.960. The van der Waals surface area contributed by atoms with Crippen molar-refractivity contribution in [1.82, 2.24) is 15.4 Å². The van der Waals surface area contributed by atoms with Crippen LogP contribution in [-0.4, -0.2) is 30.1 Å². The maximum Gasteiger partial charge on any atom is 0.466 e. The molecule has 0 aliphatic heterocycles. The summed E-state index contributed by atoms with van der Waals surface area (Å²) in [6, 6.07) is 1.62. The van der Waals surface area contributed by atoms with Crippen LogP contribution < -0.4 is 11.5 Å². The van der Waals surface area contributed by atoms with Crippen LogP contribution in [0, 0.1) is 0 Å². The average molecular weight is 223 g/mol. The number of hydrogen-bond donors (Lipinski definition) is 5. The highest BCUT2D eigenvalue weighted by molar-refractivity contribution is 7.45. The molecule has 0 fully saturated rings. The van der Waals surface area contributed by atoms with E-state index < -0.39 is 14.0 Å². The van der Waals surface area contributed by atoms with Crippen LogP contribution in [-0.2, 0) is 4.57 Å². The Morgan fingerprint density at radius 1 is 1.36 bits per heavy atom. The summed E-state index contributed by atoms with van der Waals surface area (Å²) in [5.74, 6) is 0. The molecule has 9 nitrogen and oxygen atoms in total. The minimum absolute atomic E-state index is 0.546. The van der Waals surface area contributed by atoms with Crippen molar-refractivity contribution in [2.24, 2.45) is 11.5 Å². The quantitative estimate of drug-likeness (QED) is 0.263. The van der Waals surface area contributed by atoms with E-state index in [1.54, 1.807) is 6.07 Å². The van der Waals surface area contributed by atoms with Gasteiger partial charge in [0.05, 0.1) is 18.1 Å². The molecule has 1 aromatic rings. The molecule has 0 atom stereocenters. The molecule has 0 saturated heterocycles. The molecule has 0 bridgehead atoms. The van der Waals surface area contributed by atoms with E-state index in [0.29, 0.717) is 5.69 Å². The van der Waals surface area contributed by atoms with Crippen LogP contribution in [0.3, 0.4) is 0 Å². The molecule has 1 aromatic heterocycles. The number of nitrogens with zero attached hydrogens (tertiary/aromatic N) is 3. The third-order valence-electron chi connectivity index (χ3n) is 0.865. The van der Waals surface area contributed by atoms with Gasteiger partial charge >= 0.3 is 7.82 Å². The van der Waals surface area contributed by atoms with Crippen molar-refractivity contribution in [3.05, 3.63) is 18.0 Å². The number of hydrogen-bond acceptors (Lipinski definition) is 6. The topological polar surface area (TPSA) is 168 Å². The van der Waals surface area contributed by atoms with Crippen molar-refractivity contribution in [1.29, 1.82) is 0 Å². The highest BCUT2D eigenvalue weighted by Gasteiger charge is 2.00. The van der Waals surface area contributed by atoms with Gasteiger partial charge in [-0.2, -0.15) is 0 Å². The zero-order valence-electron chi connectivity index (χ0n) is 6.93. The molecule has 0 saturated carbocycles. The van der Waals surface area contributed by atoms with Crippen LogP contribution in [0.2, 0.25) is 0 Å². The lowest BCUT2D eigenvalue weighted by atomic mass is 10.4. The molecule has 1 heterocycles. The number of aromatic nitrogens is 3. The predicted octanol–water partition coefficient (Wildman–Crippen LogP) is -2.14. The summed E-state index contributed by atoms with van der Waals surface area (Å²) in [5, 5.41) is 10.4. The lowest BCUT2D eigenvalue weighted by Crippen LogP contribution is -2.21. The van der Waals surface area contributed by atoms with E-state index in [0.717, 1.165) is 0 Å². The van der Waals surface area contributed by atoms with Gasteiger partial charge in [-0.1, -0.05) is 0 Å². The Morgan fingerprint density at radius 2 is 1.86 bits per heavy atom. The fourth-order valence-electron chi connectivity index (χ4n) is 0.428. The van der Waals surface area contributed by atoms with E-state index in [-0.39, 0.29) is 0 Å². The molecule has 0 aliphatic carbocycles. The monoisotopic (exact) mass is 223 g/mol. The zero-order valence-corrected chi connectivity index (χ0v) is 7.82. The van der Waals surface area contributed by atoms with Gasteiger partial charge in [-0.15, -0.1) is 10.2 Å². The Bertz CT molecular complexity index is 292. The summed E-state index contributed by atoms with van der Waals surface area (Å²) in [7, 11) is -4.64. The van der Waals surface area contributed by atoms with Gasteiger partial charge in [0.1, 0.15) is 0 Å². The molecule has 0 unspecified atom stereocenters. The average Bonchev–Trinajstić information content (AvgIpc) is 2.03. The fraction of sp³-hybridized carbons (Fsp3) is 0.250. The first kappa shape index (κ1) is 13.0. The minimum Gasteiger partial charge on any atom is -0.311 e. The molecule has 0 spiro atoms. The number of rotatable bonds is 1. The number of nitrogens with two attached hydrogens (primary N) is 2. The molecule has 0 aliphatic rings. The molecule has 7 N–H and O–H groups in total. The van der Waals surface area contributed by atoms with E-state index in [1.165, 1.54) is 6.20 Å². The van der Waals surface area contributed by atoms with Gasteiger partial charge in [0.2, 0.25) is 0 Å². The Morgan fingerprint density at radius 3 is 2.07 bits per heavy atom. The first-order valence-corrected chi connectivity index (χ1v) is 4.81. The summed E-state index contributed by atoms with van der Waals surface area (Å²) in [5.41, 5.74) is 11.1. The summed E-state index contributed by atoms with van der Waals surface area (Å²) >= 11 is 0. The normalized spacial score (nSPS) is 10.7. The zero-order chi connectivity index (χ0) is 11.2. The van der Waals surface area contributed by atoms with Crippen LogP contribution >= 0.6 is 7.82 Å². The van der Waals surface area contributed by atoms with Gasteiger partial charge in [-0.25, -0.2) is 4.57 Å². The number of phosphoric acid groups is 1. The molecule has 0 radical (unpaired) electrons. The van der Waals surface area contributed by atoms with Crippen LogP contribution in [0.1, 0.15) is 11.9 Å². The van der Waals surface area contributed by atoms with Crippen molar-refractivity contribution in [3.63, 3.8) is 0 Å². The largest absolute Gasteiger partial charge is 0.466 e. The van der Waals surface area contributed by atoms with Crippen molar-refractivity contribution >= 4 is 7.82 Å². The maximum atomic E-state index is 8.88. The van der Waals surface area contributed by atoms with Gasteiger partial charge < -0.3 is 26.1 Å². The van der Waals surface area contributed by atoms with Crippen molar-refractivity contribution in [2.75, 3.05) is 0 Å². The fourth-order valence-corrected chi connectivity index (χ4v) is 0.428. The van der Waals surface area contributed by atoms with Gasteiger partial charge in [0.25, 0.3) is 0 Å². The van der Waals surface area contributed by atoms with E-state index in [2.05, 4.69) is 15.4 Å². The lowest BCUT2D eigenvalue weighted by Gasteiger charge is -1.99. The maximum absolute atomic E-state index is 8.88. The molecule has 80 valence electrons. The molecular weight excluding hydrogens is 213 g/mol. The Balaban J connectivity index is 0.000000292. The second kappa shape index (κ2) is 5.70. The van der Waals surface area contributed by atoms with Gasteiger partial charge in [0, 0.05) is 0 Å². The van der Waals surface area contributed by atoms with Gasteiger partial charge in [0.15, 0.2) is 0 Å². The molecular formula is C4H10N5O4P. The molecule has 10 heteroatoms. The van der Waals surface area contributed by atoms with Crippen LogP contribution in [0.4, 0.5) is 0 Å². The lowest BCUT2D eigenvalue weighted by molar-refractivity contribution is 0.275. The minimum atomic E-state index is -4.64. The van der Waals surface area contributed by atoms with Crippen molar-refractivity contribution in [3.8, 4) is 0 Å². The first-order chi connectivity index (χ1) is 6.30. The smallest absolute Gasteiger partial charge is 0.311 e. The molecule has 0 amide bonds. The highest BCUT2D eigenvalue weighted by atomic mass is 31.2. The Kier molecular flexibility index (Phi) is 5.31. The summed E-state index contributed by atoms with van der Waals surface area (Å²) in [6.45, 7) is 0. The van der Waals surface area contributed by atoms with Crippen LogP contribution in [0.15, 0.2) is 12.3 Å². The predicted molar refractivity (Wildman–Crippen MR) is 45.2 cm³/mol. The molecule has 0 aromatic carbocycles. The van der Waals surface area contributed by atoms with Gasteiger partial charge in [-0.05, 0) is 11.3 Å². The third kappa shape index (κ3) is 9.13. The van der Waals surface area contributed by atoms with Crippen LogP contribution in [0.5, 0.6) is 0 Å². The first-order valence-electron chi connectivity index (χ1n) is 3.24. The molecule has 14 heavy (non-hydrogen) atoms. The van der Waals surface area contributed by atoms with Crippen molar-refractivity contribution in [2.45, 2.75) is 6.17 Å². The SMILES string of the molecule is NC(N)c1ccnnn1.O=P(O)(O)O. The second-order valence-corrected chi connectivity index (χ2v) is 3.11. The Labute approximate surface area is 79.0 Å². The van der Waals surface area contributed by atoms with Crippen LogP contribution in [0.25, 0.3) is 0 Å². The summed E-state index contributed by atoms with van der Waals surface area (Å²) < 4.78 is 8.88. The van der Waals surface area contributed by atoms with Gasteiger partial charge in [-0.3, -0.25) is 0 Å². The highest BCUT2D eigenvalue weighted by Crippen LogP contribution is 2.25. The summed E-state index contributed by atoms with van der Waals surface area (Å²) in [4.78, 5) is 21.6. The van der Waals surface area contributed by atoms with Crippen molar-refractivity contribution < 1.29 is 19.2 Å². The second-order valence-electron chi connectivity index (χ2n) is 2.08. The summed E-state index contributed by atoms with van der Waals surface area (Å²) in [6.07, 6.45) is 0.940. The van der Waals surface area contributed by atoms with E-state index in [1.807, 2.05) is 0 Å².